The second kappa shape index (κ2) is 6.42. The Labute approximate surface area is 118 Å². The highest BCUT2D eigenvalue weighted by Gasteiger charge is 2.16. The molecule has 1 aliphatic heterocycles. The van der Waals surface area contributed by atoms with Crippen molar-refractivity contribution in [3.8, 4) is 0 Å². The fourth-order valence-corrected chi connectivity index (χ4v) is 2.78. The van der Waals surface area contributed by atoms with Gasteiger partial charge in [0.1, 0.15) is 0 Å². The van der Waals surface area contributed by atoms with Gasteiger partial charge < -0.3 is 4.90 Å². The van der Waals surface area contributed by atoms with Crippen molar-refractivity contribution in [1.82, 2.24) is 4.90 Å². The van der Waals surface area contributed by atoms with Crippen LogP contribution in [0.2, 0.25) is 0 Å². The first-order chi connectivity index (χ1) is 9.08. The van der Waals surface area contributed by atoms with E-state index in [2.05, 4.69) is 61.8 Å². The molecule has 0 saturated carbocycles. The van der Waals surface area contributed by atoms with Gasteiger partial charge in [-0.1, -0.05) is 26.0 Å². The van der Waals surface area contributed by atoms with E-state index < -0.39 is 0 Å². The molecule has 1 aromatic carbocycles. The summed E-state index contributed by atoms with van der Waals surface area (Å²) >= 11 is 0. The summed E-state index contributed by atoms with van der Waals surface area (Å²) < 4.78 is 0. The molecule has 2 nitrogen and oxygen atoms in total. The molecule has 0 spiro atoms. The Hall–Kier alpha value is -1.02. The summed E-state index contributed by atoms with van der Waals surface area (Å²) in [6.07, 6.45) is 1.27. The Morgan fingerprint density at radius 2 is 1.53 bits per heavy atom. The smallest absolute Gasteiger partial charge is 0.0366 e. The van der Waals surface area contributed by atoms with Crippen LogP contribution in [0.5, 0.6) is 0 Å². The van der Waals surface area contributed by atoms with Crippen molar-refractivity contribution in [3.63, 3.8) is 0 Å². The van der Waals surface area contributed by atoms with Crippen molar-refractivity contribution in [1.29, 1.82) is 0 Å². The predicted molar refractivity (Wildman–Crippen MR) is 84.1 cm³/mol. The van der Waals surface area contributed by atoms with Gasteiger partial charge in [-0.15, -0.1) is 0 Å². The lowest BCUT2D eigenvalue weighted by Gasteiger charge is -2.26. The highest BCUT2D eigenvalue weighted by atomic mass is 15.2. The molecule has 0 N–H and O–H groups in total. The van der Waals surface area contributed by atoms with Crippen LogP contribution in [0.4, 0.5) is 5.69 Å². The average Bonchev–Trinajstić information content (AvgIpc) is 2.64. The molecule has 0 amide bonds. The minimum atomic E-state index is 0.620. The molecule has 19 heavy (non-hydrogen) atoms. The maximum absolute atomic E-state index is 2.59. The zero-order valence-corrected chi connectivity index (χ0v) is 12.9. The van der Waals surface area contributed by atoms with Gasteiger partial charge in [-0.05, 0) is 43.9 Å². The van der Waals surface area contributed by atoms with Crippen molar-refractivity contribution in [3.05, 3.63) is 29.8 Å². The lowest BCUT2D eigenvalue weighted by atomic mass is 10.0. The van der Waals surface area contributed by atoms with E-state index in [-0.39, 0.29) is 0 Å². The summed E-state index contributed by atoms with van der Waals surface area (Å²) in [4.78, 5) is 5.12. The highest BCUT2D eigenvalue weighted by Crippen LogP contribution is 2.21. The van der Waals surface area contributed by atoms with E-state index in [0.717, 1.165) is 6.54 Å². The largest absolute Gasteiger partial charge is 0.370 e. The van der Waals surface area contributed by atoms with Gasteiger partial charge in [-0.25, -0.2) is 0 Å². The van der Waals surface area contributed by atoms with Crippen molar-refractivity contribution in [2.75, 3.05) is 31.1 Å². The second-order valence-electron chi connectivity index (χ2n) is 6.22. The molecule has 0 atom stereocenters. The van der Waals surface area contributed by atoms with Gasteiger partial charge in [0.2, 0.25) is 0 Å². The average molecular weight is 260 g/mol. The van der Waals surface area contributed by atoms with E-state index in [4.69, 9.17) is 0 Å². The van der Waals surface area contributed by atoms with Gasteiger partial charge in [-0.3, -0.25) is 4.90 Å². The van der Waals surface area contributed by atoms with Crippen LogP contribution >= 0.6 is 0 Å². The molecule has 0 radical (unpaired) electrons. The number of hydrogen-bond donors (Lipinski definition) is 0. The quantitative estimate of drug-likeness (QED) is 0.817. The summed E-state index contributed by atoms with van der Waals surface area (Å²) in [5.74, 6) is 0.620. The van der Waals surface area contributed by atoms with Crippen molar-refractivity contribution in [2.45, 2.75) is 46.1 Å². The monoisotopic (exact) mass is 260 g/mol. The molecule has 1 aromatic rings. The van der Waals surface area contributed by atoms with Crippen LogP contribution in [-0.2, 0) is 0 Å². The Kier molecular flexibility index (Phi) is 4.87. The van der Waals surface area contributed by atoms with Crippen molar-refractivity contribution in [2.24, 2.45) is 0 Å². The summed E-state index contributed by atoms with van der Waals surface area (Å²) in [5, 5.41) is 0. The summed E-state index contributed by atoms with van der Waals surface area (Å²) in [5.41, 5.74) is 2.82. The number of anilines is 1. The van der Waals surface area contributed by atoms with Gasteiger partial charge in [0.05, 0.1) is 0 Å². The third-order valence-electron chi connectivity index (χ3n) is 4.19. The lowest BCUT2D eigenvalue weighted by Crippen LogP contribution is -2.35. The molecule has 2 rings (SSSR count). The molecule has 1 aliphatic rings. The van der Waals surface area contributed by atoms with E-state index in [1.807, 2.05) is 0 Å². The minimum absolute atomic E-state index is 0.620. The molecule has 1 saturated heterocycles. The van der Waals surface area contributed by atoms with Crippen LogP contribution in [-0.4, -0.2) is 37.1 Å². The first-order valence-corrected chi connectivity index (χ1v) is 7.67. The Morgan fingerprint density at radius 1 is 0.842 bits per heavy atom. The molecule has 0 aliphatic carbocycles. The lowest BCUT2D eigenvalue weighted by molar-refractivity contribution is 0.238. The summed E-state index contributed by atoms with van der Waals surface area (Å²) in [6, 6.07) is 9.82. The van der Waals surface area contributed by atoms with Gasteiger partial charge in [0, 0.05) is 37.9 Å². The van der Waals surface area contributed by atoms with E-state index in [0.29, 0.717) is 12.0 Å². The minimum Gasteiger partial charge on any atom is -0.370 e. The summed E-state index contributed by atoms with van der Waals surface area (Å²) in [7, 11) is 0. The fourth-order valence-electron chi connectivity index (χ4n) is 2.78. The molecular formula is C17H28N2. The maximum atomic E-state index is 2.59. The van der Waals surface area contributed by atoms with Gasteiger partial charge >= 0.3 is 0 Å². The highest BCUT2D eigenvalue weighted by molar-refractivity contribution is 5.48. The van der Waals surface area contributed by atoms with Crippen molar-refractivity contribution < 1.29 is 0 Å². The van der Waals surface area contributed by atoms with E-state index in [9.17, 15) is 0 Å². The van der Waals surface area contributed by atoms with Crippen LogP contribution in [0.3, 0.4) is 0 Å². The van der Waals surface area contributed by atoms with E-state index >= 15 is 0 Å². The van der Waals surface area contributed by atoms with Crippen LogP contribution in [0.1, 0.15) is 45.6 Å². The number of nitrogens with zero attached hydrogens (tertiary/aromatic N) is 2. The Morgan fingerprint density at radius 3 is 2.11 bits per heavy atom. The normalized spacial score (nSPS) is 18.1. The van der Waals surface area contributed by atoms with Crippen LogP contribution in [0.25, 0.3) is 0 Å². The third kappa shape index (κ3) is 3.73. The van der Waals surface area contributed by atoms with Crippen molar-refractivity contribution >= 4 is 5.69 Å². The van der Waals surface area contributed by atoms with Gasteiger partial charge in [0.25, 0.3) is 0 Å². The SMILES string of the molecule is CC(C)c1ccc(N2CCCN(C(C)C)CC2)cc1. The summed E-state index contributed by atoms with van der Waals surface area (Å²) in [6.45, 7) is 13.9. The first-order valence-electron chi connectivity index (χ1n) is 7.67. The van der Waals surface area contributed by atoms with E-state index in [1.54, 1.807) is 0 Å². The number of rotatable bonds is 3. The molecule has 0 unspecified atom stereocenters. The molecule has 106 valence electrons. The zero-order valence-electron chi connectivity index (χ0n) is 12.9. The first kappa shape index (κ1) is 14.4. The predicted octanol–water partition coefficient (Wildman–Crippen LogP) is 3.73. The van der Waals surface area contributed by atoms with Crippen LogP contribution in [0.15, 0.2) is 24.3 Å². The van der Waals surface area contributed by atoms with Crippen LogP contribution < -0.4 is 4.90 Å². The Bertz CT molecular complexity index is 381. The zero-order chi connectivity index (χ0) is 13.8. The third-order valence-corrected chi connectivity index (χ3v) is 4.19. The fraction of sp³-hybridized carbons (Fsp3) is 0.647. The molecule has 0 aromatic heterocycles. The molecule has 1 heterocycles. The Balaban J connectivity index is 2.01. The molecule has 1 fully saturated rings. The number of benzene rings is 1. The molecule has 0 bridgehead atoms. The van der Waals surface area contributed by atoms with Gasteiger partial charge in [0.15, 0.2) is 0 Å². The van der Waals surface area contributed by atoms with E-state index in [1.165, 1.54) is 37.3 Å². The maximum Gasteiger partial charge on any atom is 0.0366 e. The second-order valence-corrected chi connectivity index (χ2v) is 6.22. The standard InChI is InChI=1S/C17H28N2/c1-14(2)16-6-8-17(9-7-16)19-11-5-10-18(12-13-19)15(3)4/h6-9,14-15H,5,10-13H2,1-4H3. The topological polar surface area (TPSA) is 6.48 Å². The number of hydrogen-bond acceptors (Lipinski definition) is 2. The molecular weight excluding hydrogens is 232 g/mol. The van der Waals surface area contributed by atoms with Gasteiger partial charge in [-0.2, -0.15) is 0 Å². The molecule has 2 heteroatoms. The van der Waals surface area contributed by atoms with Crippen LogP contribution in [0, 0.1) is 0 Å².